The summed E-state index contributed by atoms with van der Waals surface area (Å²) >= 11 is 0. The molecule has 0 aliphatic heterocycles. The molecule has 1 aliphatic carbocycles. The molecule has 0 spiro atoms. The van der Waals surface area contributed by atoms with E-state index in [9.17, 15) is 28.8 Å². The molecule has 2 N–H and O–H groups in total. The summed E-state index contributed by atoms with van der Waals surface area (Å²) in [5.74, 6) is -6.27. The van der Waals surface area contributed by atoms with Crippen LogP contribution < -0.4 is 10.6 Å². The summed E-state index contributed by atoms with van der Waals surface area (Å²) in [6, 6.07) is 10.5. The number of ether oxygens (including phenoxy) is 2. The predicted molar refractivity (Wildman–Crippen MR) is 127 cm³/mol. The first kappa shape index (κ1) is 26.0. The summed E-state index contributed by atoms with van der Waals surface area (Å²) in [5, 5.41) is 4.78. The van der Waals surface area contributed by atoms with Crippen molar-refractivity contribution < 1.29 is 38.2 Å². The second kappa shape index (κ2) is 11.2. The highest BCUT2D eigenvalue weighted by atomic mass is 16.5. The van der Waals surface area contributed by atoms with Crippen LogP contribution in [-0.2, 0) is 28.7 Å². The maximum Gasteiger partial charge on any atom is 0.333 e. The van der Waals surface area contributed by atoms with E-state index in [1.165, 1.54) is 32.0 Å². The van der Waals surface area contributed by atoms with Crippen molar-refractivity contribution in [1.29, 1.82) is 0 Å². The van der Waals surface area contributed by atoms with Crippen LogP contribution >= 0.6 is 0 Å². The van der Waals surface area contributed by atoms with Crippen LogP contribution in [-0.4, -0.2) is 55.1 Å². The van der Waals surface area contributed by atoms with E-state index in [4.69, 9.17) is 9.47 Å². The number of nitrogens with one attached hydrogen (secondary N) is 2. The Morgan fingerprint density at radius 1 is 0.889 bits per heavy atom. The third kappa shape index (κ3) is 5.54. The van der Waals surface area contributed by atoms with Gasteiger partial charge in [0.1, 0.15) is 6.61 Å². The number of amides is 2. The molecule has 1 atom stereocenters. The van der Waals surface area contributed by atoms with Crippen LogP contribution in [0.3, 0.4) is 0 Å². The van der Waals surface area contributed by atoms with Crippen molar-refractivity contribution in [3.8, 4) is 0 Å². The predicted octanol–water partition coefficient (Wildman–Crippen LogP) is 1.82. The summed E-state index contributed by atoms with van der Waals surface area (Å²) in [5.41, 5.74) is 1.10. The molecule has 2 amide bonds. The Morgan fingerprint density at radius 3 is 2.11 bits per heavy atom. The van der Waals surface area contributed by atoms with Crippen molar-refractivity contribution >= 4 is 41.0 Å². The van der Waals surface area contributed by atoms with E-state index in [-0.39, 0.29) is 59.3 Å². The van der Waals surface area contributed by atoms with Crippen LogP contribution in [0.15, 0.2) is 54.6 Å². The average Bonchev–Trinajstić information content (AvgIpc) is 2.85. The number of carbonyl (C=O) groups excluding carboxylic acids is 6. The van der Waals surface area contributed by atoms with Crippen molar-refractivity contribution in [1.82, 2.24) is 5.32 Å². The van der Waals surface area contributed by atoms with Gasteiger partial charge in [0.2, 0.25) is 17.7 Å². The molecule has 1 aliphatic rings. The minimum atomic E-state index is -1.86. The number of esters is 2. The van der Waals surface area contributed by atoms with Crippen molar-refractivity contribution in [2.45, 2.75) is 13.8 Å². The molecule has 186 valence electrons. The van der Waals surface area contributed by atoms with Crippen molar-refractivity contribution in [3.05, 3.63) is 76.9 Å². The SMILES string of the molecule is C=C(C)C(=O)OCCNC(=O)C(C(=O)Nc1ccc2c(c1)C(=O)c1ccccc1C2=O)C(=O)OCC. The number of hydrogen-bond acceptors (Lipinski definition) is 8. The minimum absolute atomic E-state index is 0.0685. The summed E-state index contributed by atoms with van der Waals surface area (Å²) in [6.45, 7) is 6.00. The number of anilines is 1. The molecule has 0 saturated carbocycles. The first-order valence-electron chi connectivity index (χ1n) is 11.1. The Morgan fingerprint density at radius 2 is 1.50 bits per heavy atom. The minimum Gasteiger partial charge on any atom is -0.465 e. The number of rotatable bonds is 9. The Kier molecular flexibility index (Phi) is 8.11. The highest BCUT2D eigenvalue weighted by Gasteiger charge is 2.36. The van der Waals surface area contributed by atoms with Crippen LogP contribution in [0.2, 0.25) is 0 Å². The first-order valence-corrected chi connectivity index (χ1v) is 11.1. The van der Waals surface area contributed by atoms with Crippen molar-refractivity contribution in [2.24, 2.45) is 5.92 Å². The molecule has 0 radical (unpaired) electrons. The van der Waals surface area contributed by atoms with Crippen LogP contribution in [0.25, 0.3) is 0 Å². The molecule has 2 aromatic rings. The molecular weight excluding hydrogens is 468 g/mol. The van der Waals surface area contributed by atoms with Gasteiger partial charge in [0, 0.05) is 33.5 Å². The molecule has 10 heteroatoms. The Bertz CT molecular complexity index is 1280. The fraction of sp³-hybridized carbons (Fsp3) is 0.231. The third-order valence-electron chi connectivity index (χ3n) is 5.22. The summed E-state index contributed by atoms with van der Waals surface area (Å²) in [7, 11) is 0. The standard InChI is InChI=1S/C26H24N2O8/c1-4-35-26(34)20(23(31)27-11-12-36-25(33)14(2)3)24(32)28-15-9-10-18-19(13-15)22(30)17-8-6-5-7-16(17)21(18)29/h5-10,13,20H,2,4,11-12H2,1,3H3,(H,27,31)(H,28,32). The van der Waals surface area contributed by atoms with E-state index in [0.717, 1.165) is 0 Å². The number of hydrogen-bond donors (Lipinski definition) is 2. The van der Waals surface area contributed by atoms with E-state index in [1.54, 1.807) is 24.3 Å². The van der Waals surface area contributed by atoms with E-state index in [0.29, 0.717) is 5.56 Å². The molecule has 10 nitrogen and oxygen atoms in total. The second-order valence-electron chi connectivity index (χ2n) is 7.85. The average molecular weight is 492 g/mol. The van der Waals surface area contributed by atoms with Gasteiger partial charge in [-0.2, -0.15) is 0 Å². The topological polar surface area (TPSA) is 145 Å². The van der Waals surface area contributed by atoms with Crippen LogP contribution in [0.5, 0.6) is 0 Å². The lowest BCUT2D eigenvalue weighted by Crippen LogP contribution is -2.44. The van der Waals surface area contributed by atoms with Crippen LogP contribution in [0.4, 0.5) is 5.69 Å². The van der Waals surface area contributed by atoms with Crippen molar-refractivity contribution in [3.63, 3.8) is 0 Å². The summed E-state index contributed by atoms with van der Waals surface area (Å²) < 4.78 is 9.73. The number of ketones is 2. The zero-order chi connectivity index (χ0) is 26.4. The quantitative estimate of drug-likeness (QED) is 0.199. The van der Waals surface area contributed by atoms with Crippen LogP contribution in [0.1, 0.15) is 45.7 Å². The highest BCUT2D eigenvalue weighted by Crippen LogP contribution is 2.29. The van der Waals surface area contributed by atoms with E-state index >= 15 is 0 Å². The lowest BCUT2D eigenvalue weighted by molar-refractivity contribution is -0.155. The molecule has 0 heterocycles. The van der Waals surface area contributed by atoms with Crippen molar-refractivity contribution in [2.75, 3.05) is 25.1 Å². The number of benzene rings is 2. The van der Waals surface area contributed by atoms with Gasteiger partial charge in [-0.1, -0.05) is 30.8 Å². The zero-order valence-electron chi connectivity index (χ0n) is 19.7. The zero-order valence-corrected chi connectivity index (χ0v) is 19.7. The molecule has 36 heavy (non-hydrogen) atoms. The molecule has 3 rings (SSSR count). The normalized spacial score (nSPS) is 12.5. The molecule has 0 saturated heterocycles. The second-order valence-corrected chi connectivity index (χ2v) is 7.85. The van der Waals surface area contributed by atoms with Gasteiger partial charge in [0.15, 0.2) is 11.6 Å². The van der Waals surface area contributed by atoms with Gasteiger partial charge in [-0.3, -0.25) is 24.0 Å². The van der Waals surface area contributed by atoms with Gasteiger partial charge in [0.25, 0.3) is 0 Å². The summed E-state index contributed by atoms with van der Waals surface area (Å²) in [6.07, 6.45) is 0. The molecular formula is C26H24N2O8. The van der Waals surface area contributed by atoms with Gasteiger partial charge in [-0.25, -0.2) is 4.79 Å². The lowest BCUT2D eigenvalue weighted by atomic mass is 9.84. The third-order valence-corrected chi connectivity index (χ3v) is 5.22. The van der Waals surface area contributed by atoms with E-state index in [1.807, 2.05) is 0 Å². The Labute approximate surface area is 206 Å². The molecule has 1 unspecified atom stereocenters. The highest BCUT2D eigenvalue weighted by molar-refractivity contribution is 6.29. The van der Waals surface area contributed by atoms with Gasteiger partial charge in [-0.15, -0.1) is 0 Å². The number of carbonyl (C=O) groups is 6. The molecule has 0 aromatic heterocycles. The van der Waals surface area contributed by atoms with Gasteiger partial charge in [-0.05, 0) is 32.0 Å². The summed E-state index contributed by atoms with van der Waals surface area (Å²) in [4.78, 5) is 75.0. The number of fused-ring (bicyclic) bond motifs is 2. The van der Waals surface area contributed by atoms with Gasteiger partial charge >= 0.3 is 11.9 Å². The van der Waals surface area contributed by atoms with E-state index in [2.05, 4.69) is 17.2 Å². The molecule has 0 fully saturated rings. The maximum atomic E-state index is 12.9. The monoisotopic (exact) mass is 492 g/mol. The largest absolute Gasteiger partial charge is 0.465 e. The van der Waals surface area contributed by atoms with Crippen LogP contribution in [0, 0.1) is 5.92 Å². The Hall–Kier alpha value is -4.60. The fourth-order valence-corrected chi connectivity index (χ4v) is 3.49. The maximum absolute atomic E-state index is 12.9. The first-order chi connectivity index (χ1) is 17.1. The lowest BCUT2D eigenvalue weighted by Gasteiger charge is -2.19. The fourth-order valence-electron chi connectivity index (χ4n) is 3.49. The molecule has 0 bridgehead atoms. The van der Waals surface area contributed by atoms with Gasteiger partial charge in [0.05, 0.1) is 13.2 Å². The smallest absolute Gasteiger partial charge is 0.333 e. The van der Waals surface area contributed by atoms with Gasteiger partial charge < -0.3 is 20.1 Å². The van der Waals surface area contributed by atoms with E-state index < -0.39 is 29.7 Å². The molecule has 2 aromatic carbocycles. The Balaban J connectivity index is 1.75.